The van der Waals surface area contributed by atoms with Crippen LogP contribution < -0.4 is 5.32 Å². The first-order valence-corrected chi connectivity index (χ1v) is 16.5. The number of fused-ring (bicyclic) bond motifs is 7. The molecule has 0 aromatic rings. The minimum Gasteiger partial charge on any atom is -0.491 e. The van der Waals surface area contributed by atoms with E-state index in [-0.39, 0.29) is 29.0 Å². The van der Waals surface area contributed by atoms with Crippen LogP contribution in [0.3, 0.4) is 0 Å². The molecule has 224 valence electrons. The van der Waals surface area contributed by atoms with Crippen molar-refractivity contribution in [3.8, 4) is 0 Å². The van der Waals surface area contributed by atoms with Crippen molar-refractivity contribution >= 4 is 11.9 Å². The molecular weight excluding hydrogens is 498 g/mol. The second kappa shape index (κ2) is 11.1. The highest BCUT2D eigenvalue weighted by Crippen LogP contribution is 2.72. The zero-order chi connectivity index (χ0) is 28.9. The van der Waals surface area contributed by atoms with Crippen molar-refractivity contribution in [1.82, 2.24) is 5.32 Å². The Kier molecular flexibility index (Phi) is 8.27. The number of amides is 1. The molecule has 0 unspecified atom stereocenters. The average molecular weight is 554 g/mol. The molecule has 3 saturated carbocycles. The summed E-state index contributed by atoms with van der Waals surface area (Å²) < 4.78 is 13.0. The summed E-state index contributed by atoms with van der Waals surface area (Å²) >= 11 is 0. The number of esters is 1. The molecule has 1 N–H and O–H groups in total. The van der Waals surface area contributed by atoms with Crippen LogP contribution in [0.2, 0.25) is 0 Å². The predicted molar refractivity (Wildman–Crippen MR) is 159 cm³/mol. The van der Waals surface area contributed by atoms with E-state index in [0.29, 0.717) is 29.6 Å². The van der Waals surface area contributed by atoms with Gasteiger partial charge in [0.05, 0.1) is 5.76 Å². The van der Waals surface area contributed by atoms with Crippen LogP contribution in [-0.4, -0.2) is 30.1 Å². The SMILES string of the molecule is CCCC(=O)O[C@@H]1CC[C@@]2(C)C(=CC[C@H]3[C@@H]4C[C@]5(CC)OC(CC[C@@H](C)CNC(C)=O)=C(C)[C@@H]5[C@@]4(C)CC[C@@H]32)C1. The Hall–Kier alpha value is -1.78. The Balaban J connectivity index is 1.32. The number of carbonyl (C=O) groups excluding carboxylic acids is 2. The molecule has 5 heteroatoms. The zero-order valence-corrected chi connectivity index (χ0v) is 26.4. The van der Waals surface area contributed by atoms with Crippen LogP contribution in [0, 0.1) is 40.4 Å². The van der Waals surface area contributed by atoms with Crippen LogP contribution in [0.25, 0.3) is 0 Å². The van der Waals surface area contributed by atoms with Gasteiger partial charge in [-0.05, 0) is 105 Å². The van der Waals surface area contributed by atoms with Gasteiger partial charge in [-0.3, -0.25) is 9.59 Å². The highest BCUT2D eigenvalue weighted by atomic mass is 16.5. The molecule has 4 aliphatic carbocycles. The summed E-state index contributed by atoms with van der Waals surface area (Å²) in [5.74, 6) is 4.38. The number of hydrogen-bond acceptors (Lipinski definition) is 4. The summed E-state index contributed by atoms with van der Waals surface area (Å²) in [6, 6.07) is 0. The van der Waals surface area contributed by atoms with Gasteiger partial charge in [-0.15, -0.1) is 0 Å². The second-order valence-corrected chi connectivity index (χ2v) is 14.8. The van der Waals surface area contributed by atoms with E-state index in [9.17, 15) is 9.59 Å². The van der Waals surface area contributed by atoms with Gasteiger partial charge in [0.25, 0.3) is 0 Å². The summed E-state index contributed by atoms with van der Waals surface area (Å²) in [5.41, 5.74) is 3.58. The Bertz CT molecular complexity index is 1060. The Labute approximate surface area is 243 Å². The van der Waals surface area contributed by atoms with Crippen LogP contribution in [0.4, 0.5) is 0 Å². The first kappa shape index (κ1) is 29.7. The fraction of sp³-hybridized carbons (Fsp3) is 0.829. The van der Waals surface area contributed by atoms with Crippen LogP contribution >= 0.6 is 0 Å². The largest absolute Gasteiger partial charge is 0.491 e. The summed E-state index contributed by atoms with van der Waals surface area (Å²) in [4.78, 5) is 23.5. The first-order valence-electron chi connectivity index (χ1n) is 16.5. The van der Waals surface area contributed by atoms with E-state index in [4.69, 9.17) is 9.47 Å². The monoisotopic (exact) mass is 553 g/mol. The summed E-state index contributed by atoms with van der Waals surface area (Å²) in [5, 5.41) is 2.98. The molecule has 0 bridgehead atoms. The van der Waals surface area contributed by atoms with Gasteiger partial charge < -0.3 is 14.8 Å². The standard InChI is InChI=1S/C35H55NO4/c1-8-10-31(38)39-26-15-17-33(6)25(19-26)12-13-27-28(33)16-18-34(7)29(27)20-35(9-2)32(34)23(4)30(40-35)14-11-22(3)21-36-24(5)37/h12,22,26-29,32H,8-11,13-21H2,1-7H3,(H,36,37)/t22-,26-,27-,28+,29+,32-,33+,34+,35+/m1/s1. The fourth-order valence-corrected chi connectivity index (χ4v) is 10.3. The minimum atomic E-state index is -0.0510. The molecule has 40 heavy (non-hydrogen) atoms. The second-order valence-electron chi connectivity index (χ2n) is 14.8. The molecule has 5 nitrogen and oxygen atoms in total. The molecule has 9 atom stereocenters. The fourth-order valence-electron chi connectivity index (χ4n) is 10.3. The van der Waals surface area contributed by atoms with Gasteiger partial charge in [0, 0.05) is 38.6 Å². The quantitative estimate of drug-likeness (QED) is 0.233. The third-order valence-electron chi connectivity index (χ3n) is 12.4. The third kappa shape index (κ3) is 4.96. The normalized spacial score (nSPS) is 40.7. The van der Waals surface area contributed by atoms with Crippen molar-refractivity contribution in [2.75, 3.05) is 6.54 Å². The van der Waals surface area contributed by atoms with Gasteiger partial charge in [0.15, 0.2) is 0 Å². The van der Waals surface area contributed by atoms with Gasteiger partial charge in [-0.25, -0.2) is 0 Å². The molecule has 1 amide bonds. The maximum atomic E-state index is 12.2. The molecule has 1 heterocycles. The van der Waals surface area contributed by atoms with Crippen LogP contribution in [0.1, 0.15) is 126 Å². The summed E-state index contributed by atoms with van der Waals surface area (Å²) in [7, 11) is 0. The maximum absolute atomic E-state index is 12.2. The number of allylic oxidation sites excluding steroid dienone is 2. The number of hydrogen-bond donors (Lipinski definition) is 1. The molecule has 5 rings (SSSR count). The molecule has 3 fully saturated rings. The van der Waals surface area contributed by atoms with Gasteiger partial charge >= 0.3 is 5.97 Å². The average Bonchev–Trinajstić information content (AvgIpc) is 3.35. The molecule has 0 aromatic heterocycles. The van der Waals surface area contributed by atoms with E-state index in [1.165, 1.54) is 37.0 Å². The molecule has 0 spiro atoms. The zero-order valence-electron chi connectivity index (χ0n) is 26.4. The third-order valence-corrected chi connectivity index (χ3v) is 12.4. The van der Waals surface area contributed by atoms with Crippen molar-refractivity contribution < 1.29 is 19.1 Å². The lowest BCUT2D eigenvalue weighted by atomic mass is 9.47. The predicted octanol–water partition coefficient (Wildman–Crippen LogP) is 7.89. The Morgan fingerprint density at radius 3 is 2.65 bits per heavy atom. The number of rotatable bonds is 9. The van der Waals surface area contributed by atoms with E-state index < -0.39 is 0 Å². The van der Waals surface area contributed by atoms with E-state index in [1.807, 2.05) is 6.92 Å². The Morgan fingerprint density at radius 1 is 1.18 bits per heavy atom. The van der Waals surface area contributed by atoms with E-state index >= 15 is 0 Å². The lowest BCUT2D eigenvalue weighted by molar-refractivity contribution is -0.151. The van der Waals surface area contributed by atoms with Gasteiger partial charge in [0.1, 0.15) is 11.7 Å². The lowest BCUT2D eigenvalue weighted by Crippen LogP contribution is -2.50. The van der Waals surface area contributed by atoms with Crippen LogP contribution in [0.15, 0.2) is 23.0 Å². The molecule has 0 radical (unpaired) electrons. The topological polar surface area (TPSA) is 64.6 Å². The van der Waals surface area contributed by atoms with E-state index in [2.05, 4.69) is 46.0 Å². The van der Waals surface area contributed by atoms with Crippen molar-refractivity contribution in [2.24, 2.45) is 40.4 Å². The molecule has 0 aromatic carbocycles. The molecule has 5 aliphatic rings. The summed E-state index contributed by atoms with van der Waals surface area (Å²) in [6.45, 7) is 16.5. The molecule has 1 aliphatic heterocycles. The maximum Gasteiger partial charge on any atom is 0.306 e. The number of nitrogens with one attached hydrogen (secondary N) is 1. The van der Waals surface area contributed by atoms with Crippen molar-refractivity contribution in [2.45, 2.75) is 137 Å². The van der Waals surface area contributed by atoms with E-state index in [0.717, 1.165) is 63.3 Å². The number of carbonyl (C=O) groups is 2. The first-order chi connectivity index (χ1) is 19.0. The van der Waals surface area contributed by atoms with Crippen molar-refractivity contribution in [3.05, 3.63) is 23.0 Å². The van der Waals surface area contributed by atoms with Crippen molar-refractivity contribution in [1.29, 1.82) is 0 Å². The molecule has 0 saturated heterocycles. The lowest BCUT2D eigenvalue weighted by Gasteiger charge is -2.58. The van der Waals surface area contributed by atoms with Gasteiger partial charge in [-0.2, -0.15) is 0 Å². The Morgan fingerprint density at radius 2 is 1.95 bits per heavy atom. The van der Waals surface area contributed by atoms with E-state index in [1.54, 1.807) is 12.5 Å². The van der Waals surface area contributed by atoms with Crippen LogP contribution in [0.5, 0.6) is 0 Å². The highest BCUT2D eigenvalue weighted by molar-refractivity contribution is 5.72. The smallest absolute Gasteiger partial charge is 0.306 e. The van der Waals surface area contributed by atoms with Gasteiger partial charge in [0.2, 0.25) is 5.91 Å². The van der Waals surface area contributed by atoms with Crippen LogP contribution in [-0.2, 0) is 19.1 Å². The minimum absolute atomic E-state index is 0.0221. The number of ether oxygens (including phenoxy) is 2. The molecular formula is C35H55NO4. The summed E-state index contributed by atoms with van der Waals surface area (Å²) in [6.07, 6.45) is 15.2. The van der Waals surface area contributed by atoms with Gasteiger partial charge in [-0.1, -0.05) is 46.3 Å². The van der Waals surface area contributed by atoms with Crippen molar-refractivity contribution in [3.63, 3.8) is 0 Å². The highest BCUT2D eigenvalue weighted by Gasteiger charge is 2.68.